The summed E-state index contributed by atoms with van der Waals surface area (Å²) in [5, 5.41) is 4.35. The summed E-state index contributed by atoms with van der Waals surface area (Å²) < 4.78 is 39.6. The number of aromatic nitrogens is 2. The SMILES string of the molecule is CC(C)Cn1nc(-c2ccc(C(F)(F)F)cc2)cc(CN(C)C)c1=O. The minimum absolute atomic E-state index is 0.168. The van der Waals surface area contributed by atoms with Gasteiger partial charge in [0, 0.05) is 24.2 Å². The first-order valence-electron chi connectivity index (χ1n) is 8.01. The molecule has 1 aromatic carbocycles. The molecule has 0 fully saturated rings. The van der Waals surface area contributed by atoms with Crippen molar-refractivity contribution in [3.63, 3.8) is 0 Å². The Balaban J connectivity index is 2.50. The van der Waals surface area contributed by atoms with Crippen LogP contribution in [-0.4, -0.2) is 28.8 Å². The minimum Gasteiger partial charge on any atom is -0.305 e. The van der Waals surface area contributed by atoms with E-state index in [0.29, 0.717) is 29.9 Å². The summed E-state index contributed by atoms with van der Waals surface area (Å²) in [5.41, 5.74) is 0.727. The zero-order chi connectivity index (χ0) is 18.8. The standard InChI is InChI=1S/C18H22F3N3O/c1-12(2)10-24-17(25)14(11-23(3)4)9-16(22-24)13-5-7-15(8-6-13)18(19,20)21/h5-9,12H,10-11H2,1-4H3. The molecule has 0 saturated carbocycles. The Morgan fingerprint density at radius 3 is 2.24 bits per heavy atom. The molecule has 0 N–H and O–H groups in total. The van der Waals surface area contributed by atoms with E-state index in [1.165, 1.54) is 16.8 Å². The number of alkyl halides is 3. The number of hydrogen-bond donors (Lipinski definition) is 0. The van der Waals surface area contributed by atoms with Gasteiger partial charge in [-0.25, -0.2) is 4.68 Å². The molecule has 1 aromatic heterocycles. The second kappa shape index (κ2) is 7.39. The molecule has 136 valence electrons. The Bertz CT molecular complexity index is 743. The molecule has 0 aliphatic heterocycles. The molecule has 0 bridgehead atoms. The Morgan fingerprint density at radius 1 is 1.16 bits per heavy atom. The molecule has 0 aliphatic rings. The van der Waals surface area contributed by atoms with E-state index < -0.39 is 11.7 Å². The fraction of sp³-hybridized carbons (Fsp3) is 0.444. The van der Waals surface area contributed by atoms with Gasteiger partial charge in [-0.05, 0) is 38.2 Å². The van der Waals surface area contributed by atoms with Crippen LogP contribution >= 0.6 is 0 Å². The summed E-state index contributed by atoms with van der Waals surface area (Å²) in [5.74, 6) is 0.222. The van der Waals surface area contributed by atoms with Crippen molar-refractivity contribution < 1.29 is 13.2 Å². The zero-order valence-corrected chi connectivity index (χ0v) is 14.8. The second-order valence-corrected chi connectivity index (χ2v) is 6.75. The van der Waals surface area contributed by atoms with Crippen LogP contribution in [0.2, 0.25) is 0 Å². The zero-order valence-electron chi connectivity index (χ0n) is 14.8. The van der Waals surface area contributed by atoms with Gasteiger partial charge in [-0.2, -0.15) is 18.3 Å². The van der Waals surface area contributed by atoms with Crippen molar-refractivity contribution in [2.24, 2.45) is 5.92 Å². The number of nitrogens with zero attached hydrogens (tertiary/aromatic N) is 3. The minimum atomic E-state index is -4.38. The molecular formula is C18H22F3N3O. The fourth-order valence-electron chi connectivity index (χ4n) is 2.49. The molecule has 0 atom stereocenters. The summed E-state index contributed by atoms with van der Waals surface area (Å²) in [4.78, 5) is 14.4. The maximum atomic E-state index is 12.7. The van der Waals surface area contributed by atoms with Crippen molar-refractivity contribution in [1.29, 1.82) is 0 Å². The van der Waals surface area contributed by atoms with Crippen molar-refractivity contribution in [2.45, 2.75) is 33.1 Å². The van der Waals surface area contributed by atoms with E-state index in [1.54, 1.807) is 6.07 Å². The first kappa shape index (κ1) is 19.2. The first-order valence-corrected chi connectivity index (χ1v) is 8.01. The number of halogens is 3. The quantitative estimate of drug-likeness (QED) is 0.824. The van der Waals surface area contributed by atoms with Crippen LogP contribution in [0.1, 0.15) is 25.0 Å². The third kappa shape index (κ3) is 4.92. The fourth-order valence-corrected chi connectivity index (χ4v) is 2.49. The third-order valence-electron chi connectivity index (χ3n) is 3.58. The highest BCUT2D eigenvalue weighted by atomic mass is 19.4. The normalized spacial score (nSPS) is 12.2. The smallest absolute Gasteiger partial charge is 0.305 e. The highest BCUT2D eigenvalue weighted by molar-refractivity contribution is 5.59. The number of rotatable bonds is 5. The highest BCUT2D eigenvalue weighted by Gasteiger charge is 2.30. The maximum absolute atomic E-state index is 12.7. The van der Waals surface area contributed by atoms with Gasteiger partial charge < -0.3 is 4.90 Å². The lowest BCUT2D eigenvalue weighted by atomic mass is 10.1. The topological polar surface area (TPSA) is 38.1 Å². The van der Waals surface area contributed by atoms with Crippen LogP contribution in [0.3, 0.4) is 0 Å². The lowest BCUT2D eigenvalue weighted by Gasteiger charge is -2.15. The van der Waals surface area contributed by atoms with Gasteiger partial charge in [0.2, 0.25) is 0 Å². The number of benzene rings is 1. The van der Waals surface area contributed by atoms with Crippen LogP contribution in [0.15, 0.2) is 35.1 Å². The van der Waals surface area contributed by atoms with Crippen LogP contribution in [0.4, 0.5) is 13.2 Å². The average Bonchev–Trinajstić information content (AvgIpc) is 2.49. The maximum Gasteiger partial charge on any atom is 0.416 e. The lowest BCUT2D eigenvalue weighted by Crippen LogP contribution is -2.30. The number of hydrogen-bond acceptors (Lipinski definition) is 3. The Labute approximate surface area is 144 Å². The van der Waals surface area contributed by atoms with E-state index in [1.807, 2.05) is 32.8 Å². The predicted molar refractivity (Wildman–Crippen MR) is 91.2 cm³/mol. The Kier molecular flexibility index (Phi) is 5.67. The van der Waals surface area contributed by atoms with E-state index >= 15 is 0 Å². The molecule has 0 spiro atoms. The van der Waals surface area contributed by atoms with Crippen molar-refractivity contribution in [3.8, 4) is 11.3 Å². The van der Waals surface area contributed by atoms with Crippen molar-refractivity contribution in [2.75, 3.05) is 14.1 Å². The second-order valence-electron chi connectivity index (χ2n) is 6.75. The van der Waals surface area contributed by atoms with Gasteiger partial charge in [0.25, 0.3) is 5.56 Å². The van der Waals surface area contributed by atoms with Crippen LogP contribution in [0.5, 0.6) is 0 Å². The summed E-state index contributed by atoms with van der Waals surface area (Å²) >= 11 is 0. The van der Waals surface area contributed by atoms with Gasteiger partial charge in [0.15, 0.2) is 0 Å². The molecular weight excluding hydrogens is 331 g/mol. The molecule has 0 amide bonds. The van der Waals surface area contributed by atoms with Gasteiger partial charge in [0.05, 0.1) is 11.3 Å². The van der Waals surface area contributed by atoms with Gasteiger partial charge in [-0.15, -0.1) is 0 Å². The lowest BCUT2D eigenvalue weighted by molar-refractivity contribution is -0.137. The molecule has 0 radical (unpaired) electrons. The summed E-state index contributed by atoms with van der Waals surface area (Å²) in [6, 6.07) is 6.48. The van der Waals surface area contributed by atoms with Crippen LogP contribution in [0, 0.1) is 5.92 Å². The molecule has 25 heavy (non-hydrogen) atoms. The third-order valence-corrected chi connectivity index (χ3v) is 3.58. The van der Waals surface area contributed by atoms with Crippen LogP contribution < -0.4 is 5.56 Å². The largest absolute Gasteiger partial charge is 0.416 e. The van der Waals surface area contributed by atoms with Crippen molar-refractivity contribution in [1.82, 2.24) is 14.7 Å². The summed E-state index contributed by atoms with van der Waals surface area (Å²) in [7, 11) is 3.70. The van der Waals surface area contributed by atoms with E-state index in [4.69, 9.17) is 0 Å². The van der Waals surface area contributed by atoms with Gasteiger partial charge in [-0.3, -0.25) is 4.79 Å². The molecule has 2 rings (SSSR count). The molecule has 2 aromatic rings. The van der Waals surface area contributed by atoms with E-state index in [0.717, 1.165) is 12.1 Å². The highest BCUT2D eigenvalue weighted by Crippen LogP contribution is 2.30. The van der Waals surface area contributed by atoms with Crippen molar-refractivity contribution in [3.05, 3.63) is 51.8 Å². The van der Waals surface area contributed by atoms with Gasteiger partial charge in [-0.1, -0.05) is 26.0 Å². The van der Waals surface area contributed by atoms with Gasteiger partial charge >= 0.3 is 6.18 Å². The molecule has 4 nitrogen and oxygen atoms in total. The summed E-state index contributed by atoms with van der Waals surface area (Å²) in [6.07, 6.45) is -4.38. The van der Waals surface area contributed by atoms with Gasteiger partial charge in [0.1, 0.15) is 0 Å². The predicted octanol–water partition coefficient (Wildman–Crippen LogP) is 3.65. The molecule has 0 saturated heterocycles. The first-order chi connectivity index (χ1) is 11.6. The molecule has 0 unspecified atom stereocenters. The Hall–Kier alpha value is -2.15. The average molecular weight is 353 g/mol. The van der Waals surface area contributed by atoms with E-state index in [9.17, 15) is 18.0 Å². The van der Waals surface area contributed by atoms with E-state index in [2.05, 4.69) is 5.10 Å². The monoisotopic (exact) mass is 353 g/mol. The summed E-state index contributed by atoms with van der Waals surface area (Å²) in [6.45, 7) is 4.84. The molecule has 0 aliphatic carbocycles. The van der Waals surface area contributed by atoms with Crippen LogP contribution in [-0.2, 0) is 19.3 Å². The van der Waals surface area contributed by atoms with E-state index in [-0.39, 0.29) is 11.5 Å². The molecule has 7 heteroatoms. The van der Waals surface area contributed by atoms with Crippen molar-refractivity contribution >= 4 is 0 Å². The Morgan fingerprint density at radius 2 is 1.76 bits per heavy atom. The molecule has 1 heterocycles. The van der Waals surface area contributed by atoms with Crippen LogP contribution in [0.25, 0.3) is 11.3 Å².